The third kappa shape index (κ3) is 5.86. The van der Waals surface area contributed by atoms with Gasteiger partial charge in [-0.25, -0.2) is 0 Å². The van der Waals surface area contributed by atoms with E-state index < -0.39 is 18.2 Å². The number of allylic oxidation sites excluding steroid dienone is 2. The predicted octanol–water partition coefficient (Wildman–Crippen LogP) is 3.27. The van der Waals surface area contributed by atoms with Crippen molar-refractivity contribution in [1.82, 2.24) is 0 Å². The van der Waals surface area contributed by atoms with Crippen LogP contribution in [-0.2, 0) is 9.53 Å². The molecule has 1 aliphatic carbocycles. The lowest BCUT2D eigenvalue weighted by atomic mass is 9.88. The highest BCUT2D eigenvalue weighted by molar-refractivity contribution is 5.66. The first kappa shape index (κ1) is 20.0. The molecule has 142 valence electrons. The molecule has 25 heavy (non-hydrogen) atoms. The van der Waals surface area contributed by atoms with Gasteiger partial charge in [0.15, 0.2) is 0 Å². The van der Waals surface area contributed by atoms with Crippen LogP contribution in [0.2, 0.25) is 0 Å². The molecule has 1 aliphatic heterocycles. The van der Waals surface area contributed by atoms with Crippen molar-refractivity contribution in [1.29, 1.82) is 0 Å². The van der Waals surface area contributed by atoms with Crippen LogP contribution in [0.5, 0.6) is 0 Å². The molecule has 0 bridgehead atoms. The van der Waals surface area contributed by atoms with E-state index in [0.29, 0.717) is 25.4 Å². The van der Waals surface area contributed by atoms with E-state index in [0.717, 1.165) is 37.9 Å². The maximum absolute atomic E-state index is 10.6. The van der Waals surface area contributed by atoms with E-state index in [2.05, 4.69) is 6.92 Å². The third-order valence-electron chi connectivity index (χ3n) is 5.30. The van der Waals surface area contributed by atoms with Gasteiger partial charge in [0.05, 0.1) is 24.6 Å². The first-order valence-electron chi connectivity index (χ1n) is 9.62. The number of aliphatic carboxylic acids is 1. The van der Waals surface area contributed by atoms with Gasteiger partial charge >= 0.3 is 5.97 Å². The number of fused-ring (bicyclic) bond motifs is 1. The largest absolute Gasteiger partial charge is 0.498 e. The van der Waals surface area contributed by atoms with Crippen LogP contribution in [0.25, 0.3) is 0 Å². The number of hydrogen-bond donors (Lipinski definition) is 3. The average Bonchev–Trinajstić information content (AvgIpc) is 3.08. The second-order valence-corrected chi connectivity index (χ2v) is 7.32. The molecule has 0 amide bonds. The highest BCUT2D eigenvalue weighted by Crippen LogP contribution is 2.47. The molecule has 0 spiro atoms. The monoisotopic (exact) mass is 352 g/mol. The molecule has 1 saturated heterocycles. The van der Waals surface area contributed by atoms with E-state index in [9.17, 15) is 15.0 Å². The molecule has 2 fully saturated rings. The van der Waals surface area contributed by atoms with Crippen LogP contribution >= 0.6 is 0 Å². The number of aliphatic hydroxyl groups excluding tert-OH is 2. The summed E-state index contributed by atoms with van der Waals surface area (Å²) in [4.78, 5) is 10.6. The number of hydrogen-bond acceptors (Lipinski definition) is 4. The summed E-state index contributed by atoms with van der Waals surface area (Å²) < 4.78 is 5.80. The molecule has 2 aliphatic rings. The minimum atomic E-state index is -0.780. The van der Waals surface area contributed by atoms with Crippen molar-refractivity contribution in [3.05, 3.63) is 24.0 Å². The lowest BCUT2D eigenvalue weighted by Crippen LogP contribution is -2.19. The van der Waals surface area contributed by atoms with Crippen molar-refractivity contribution >= 4 is 5.97 Å². The Balaban J connectivity index is 1.92. The number of unbranched alkanes of at least 4 members (excludes halogenated alkanes) is 3. The highest BCUT2D eigenvalue weighted by Gasteiger charge is 2.47. The molecule has 1 heterocycles. The van der Waals surface area contributed by atoms with E-state index in [-0.39, 0.29) is 18.3 Å². The maximum Gasteiger partial charge on any atom is 0.303 e. The molecule has 3 N–H and O–H groups in total. The normalized spacial score (nSPS) is 31.4. The van der Waals surface area contributed by atoms with Gasteiger partial charge in [-0.1, -0.05) is 38.3 Å². The minimum absolute atomic E-state index is 0.0287. The van der Waals surface area contributed by atoms with Crippen molar-refractivity contribution < 1.29 is 24.9 Å². The summed E-state index contributed by atoms with van der Waals surface area (Å²) in [5.74, 6) is 0.547. The van der Waals surface area contributed by atoms with Crippen LogP contribution in [0.4, 0.5) is 0 Å². The minimum Gasteiger partial charge on any atom is -0.498 e. The molecule has 0 radical (unpaired) electrons. The number of rotatable bonds is 10. The zero-order valence-corrected chi connectivity index (χ0v) is 15.1. The molecule has 5 nitrogen and oxygen atoms in total. The van der Waals surface area contributed by atoms with Gasteiger partial charge in [0.1, 0.15) is 0 Å². The van der Waals surface area contributed by atoms with Crippen LogP contribution in [0, 0.1) is 17.8 Å². The number of ether oxygens (including phenoxy) is 1. The number of carboxylic acid groups (broad SMARTS) is 1. The topological polar surface area (TPSA) is 87.0 Å². The van der Waals surface area contributed by atoms with Crippen molar-refractivity contribution in [2.24, 2.45) is 17.8 Å². The zero-order valence-electron chi connectivity index (χ0n) is 15.1. The Bertz CT molecular complexity index is 484. The number of carboxylic acids is 1. The van der Waals surface area contributed by atoms with Crippen molar-refractivity contribution in [3.63, 3.8) is 0 Å². The van der Waals surface area contributed by atoms with Gasteiger partial charge in [-0.15, -0.1) is 0 Å². The van der Waals surface area contributed by atoms with Gasteiger partial charge in [-0.3, -0.25) is 4.79 Å². The molecule has 2 rings (SSSR count). The second-order valence-electron chi connectivity index (χ2n) is 7.32. The van der Waals surface area contributed by atoms with Crippen LogP contribution in [0.3, 0.4) is 0 Å². The Labute approximate surface area is 150 Å². The van der Waals surface area contributed by atoms with Crippen molar-refractivity contribution in [3.8, 4) is 0 Å². The molecule has 0 aromatic heterocycles. The first-order chi connectivity index (χ1) is 12.0. The average molecular weight is 352 g/mol. The van der Waals surface area contributed by atoms with Crippen LogP contribution < -0.4 is 0 Å². The standard InChI is InChI=1S/C20H32O5/c1-2-3-4-7-15(21)10-11-16-17(22)12-14-13-25-18(20(14)16)8-5-6-9-19(23)24/h8,10-11,14-17,20-22H,2-7,9,12-13H2,1H3,(H,23,24)/b11-10+,18-8-/t14?,15-,16-,17?,20?/m0/s1. The molecule has 5 heteroatoms. The van der Waals surface area contributed by atoms with Crippen molar-refractivity contribution in [2.45, 2.75) is 70.5 Å². The number of aliphatic hydroxyl groups is 2. The van der Waals surface area contributed by atoms with Gasteiger partial charge in [-0.05, 0) is 31.8 Å². The quantitative estimate of drug-likeness (QED) is 0.415. The Morgan fingerprint density at radius 3 is 2.88 bits per heavy atom. The van der Waals surface area contributed by atoms with Crippen LogP contribution in [-0.4, -0.2) is 40.1 Å². The highest BCUT2D eigenvalue weighted by atomic mass is 16.5. The van der Waals surface area contributed by atoms with Crippen molar-refractivity contribution in [2.75, 3.05) is 6.61 Å². The summed E-state index contributed by atoms with van der Waals surface area (Å²) in [5, 5.41) is 29.2. The Hall–Kier alpha value is -1.33. The van der Waals surface area contributed by atoms with Gasteiger partial charge in [0.2, 0.25) is 0 Å². The Morgan fingerprint density at radius 1 is 1.36 bits per heavy atom. The zero-order chi connectivity index (χ0) is 18.2. The van der Waals surface area contributed by atoms with Gasteiger partial charge < -0.3 is 20.1 Å². The summed E-state index contributed by atoms with van der Waals surface area (Å²) in [6, 6.07) is 0. The fourth-order valence-corrected chi connectivity index (χ4v) is 3.96. The van der Waals surface area contributed by atoms with Gasteiger partial charge in [0, 0.05) is 24.2 Å². The second kappa shape index (κ2) is 9.97. The summed E-state index contributed by atoms with van der Waals surface area (Å²) >= 11 is 0. The molecule has 5 atom stereocenters. The summed E-state index contributed by atoms with van der Waals surface area (Å²) in [7, 11) is 0. The SMILES string of the molecule is CCCCC[C@H](O)/C=C/[C@H]1C(O)CC2CO/C(=C\CCCC(=O)O)C21. The van der Waals surface area contributed by atoms with E-state index >= 15 is 0 Å². The van der Waals surface area contributed by atoms with E-state index in [4.69, 9.17) is 9.84 Å². The fourth-order valence-electron chi connectivity index (χ4n) is 3.96. The van der Waals surface area contributed by atoms with Gasteiger partial charge in [0.25, 0.3) is 0 Å². The Kier molecular flexibility index (Phi) is 7.97. The first-order valence-corrected chi connectivity index (χ1v) is 9.62. The molecule has 0 aromatic rings. The summed E-state index contributed by atoms with van der Waals surface area (Å²) in [6.45, 7) is 2.76. The molecule has 1 saturated carbocycles. The molecular formula is C20H32O5. The molecule has 3 unspecified atom stereocenters. The maximum atomic E-state index is 10.6. The Morgan fingerprint density at radius 2 is 2.16 bits per heavy atom. The van der Waals surface area contributed by atoms with E-state index in [1.807, 2.05) is 18.2 Å². The smallest absolute Gasteiger partial charge is 0.303 e. The lowest BCUT2D eigenvalue weighted by Gasteiger charge is -2.18. The molecular weight excluding hydrogens is 320 g/mol. The van der Waals surface area contributed by atoms with E-state index in [1.165, 1.54) is 0 Å². The van der Waals surface area contributed by atoms with Gasteiger partial charge in [-0.2, -0.15) is 0 Å². The van der Waals surface area contributed by atoms with Crippen LogP contribution in [0.15, 0.2) is 24.0 Å². The third-order valence-corrected chi connectivity index (χ3v) is 5.30. The van der Waals surface area contributed by atoms with Crippen LogP contribution in [0.1, 0.15) is 58.3 Å². The fraction of sp³-hybridized carbons (Fsp3) is 0.750. The predicted molar refractivity (Wildman–Crippen MR) is 95.9 cm³/mol. The van der Waals surface area contributed by atoms with E-state index in [1.54, 1.807) is 0 Å². The lowest BCUT2D eigenvalue weighted by molar-refractivity contribution is -0.137. The molecule has 0 aromatic carbocycles. The summed E-state index contributed by atoms with van der Waals surface area (Å²) in [6.07, 6.45) is 11.1. The number of carbonyl (C=O) groups is 1. The summed E-state index contributed by atoms with van der Waals surface area (Å²) in [5.41, 5.74) is 0.